The second kappa shape index (κ2) is 57.0. The van der Waals surface area contributed by atoms with Crippen molar-refractivity contribution in [1.82, 2.24) is 14.9 Å². The van der Waals surface area contributed by atoms with E-state index in [0.29, 0.717) is 0 Å². The first kappa shape index (κ1) is 88.4. The molecule has 406 valence electrons. The maximum atomic E-state index is 12.7. The number of amides is 1. The predicted molar refractivity (Wildman–Crippen MR) is 266 cm³/mol. The summed E-state index contributed by atoms with van der Waals surface area (Å²) in [5, 5.41) is 75.4. The Balaban J connectivity index is -0.000000168. The van der Waals surface area contributed by atoms with Gasteiger partial charge in [0.05, 0.1) is 31.1 Å². The largest absolute Gasteiger partial charge is 1.00 e. The number of carbonyl (C=O) groups excluding carboxylic acids is 2. The van der Waals surface area contributed by atoms with E-state index in [0.717, 1.165) is 22.5 Å². The molecule has 2 saturated heterocycles. The van der Waals surface area contributed by atoms with Gasteiger partial charge < -0.3 is 70.5 Å². The SMILES string of the molecule is CC.CC.CC.CCC.CCC.CCC.CCC.CCC.CCC.CSCC(=O)NC1C(O)CC(OP(=O)([O-])OCC2OC(n3ccc(N)nc3=O)C(O)C2O)(C(=O)[O-])OC1[C@H](O)[C@H](O)CO.[Na+].[Na+]. The van der Waals surface area contributed by atoms with Gasteiger partial charge >= 0.3 is 64.8 Å². The summed E-state index contributed by atoms with van der Waals surface area (Å²) in [6, 6.07) is -0.431. The number of carbonyl (C=O) groups is 2. The van der Waals surface area contributed by atoms with Gasteiger partial charge in [0.2, 0.25) is 11.7 Å². The molecule has 3 rings (SSSR count). The van der Waals surface area contributed by atoms with Gasteiger partial charge in [-0.15, -0.1) is 0 Å². The first-order valence-electron chi connectivity index (χ1n) is 23.9. The zero-order chi connectivity index (χ0) is 54.5. The van der Waals surface area contributed by atoms with Gasteiger partial charge in [-0.05, 0) is 12.3 Å². The number of hydrogen-bond donors (Lipinski definition) is 8. The van der Waals surface area contributed by atoms with Gasteiger partial charge in [0.15, 0.2) is 6.23 Å². The number of aliphatic hydroxyl groups excluding tert-OH is 6. The molecule has 2 fully saturated rings. The number of phosphoric ester groups is 1. The zero-order valence-electron chi connectivity index (χ0n) is 46.5. The van der Waals surface area contributed by atoms with Crippen LogP contribution in [0.4, 0.5) is 5.82 Å². The van der Waals surface area contributed by atoms with Crippen LogP contribution in [-0.2, 0) is 32.7 Å². The maximum absolute atomic E-state index is 12.7. The molecule has 2 aliphatic rings. The van der Waals surface area contributed by atoms with E-state index < -0.39 is 106 Å². The summed E-state index contributed by atoms with van der Waals surface area (Å²) in [6.07, 6.45) is -6.08. The monoisotopic (exact) mass is 1060 g/mol. The summed E-state index contributed by atoms with van der Waals surface area (Å²) in [6.45, 7) is 35.3. The maximum Gasteiger partial charge on any atom is 1.00 e. The van der Waals surface area contributed by atoms with Gasteiger partial charge in [-0.2, -0.15) is 16.7 Å². The molecular weight excluding hydrogens is 962 g/mol. The minimum Gasteiger partial charge on any atom is -0.756 e. The molecule has 3 heterocycles. The van der Waals surface area contributed by atoms with Crippen LogP contribution < -0.4 is 85.9 Å². The fraction of sp³-hybridized carbons (Fsp3) is 0.867. The number of nitrogen functional groups attached to an aromatic ring is 1. The molecular formula is C45H97N4Na2O16PS. The van der Waals surface area contributed by atoms with Crippen molar-refractivity contribution in [3.63, 3.8) is 0 Å². The number of nitrogens with one attached hydrogen (secondary N) is 1. The standard InChI is InChI=1S/C21H33N4O16PS.6C3H8.3C2H6.2Na/c1-43-7-12(29)24-13-8(27)4-21(19(33)34,40-17(13)14(30)9(28)5-26)41-42(36,37)38-6-10-15(31)16(32)18(39-10)25-3-2-11(22)23-20(25)35;6*1-3-2;3*1-2;;/h2-3,8-10,13-18,26-28,30-32H,4-7H2,1H3,(H,24,29)(H,33,34)(H,36,37)(H2,22,23,35);6*3H2,1-2H3;3*1-2H3;;/q;;;;;;;;;;2*+1/p-2/t8?,9-,10?,13?,14-,15?,16?,17?,18?,21?;;;;;;;;;;;/m1.........../s1. The van der Waals surface area contributed by atoms with E-state index in [9.17, 15) is 59.6 Å². The van der Waals surface area contributed by atoms with E-state index in [1.807, 2.05) is 41.5 Å². The number of hydrogen-bond acceptors (Lipinski definition) is 19. The molecule has 2 aliphatic heterocycles. The van der Waals surface area contributed by atoms with Gasteiger partial charge in [-0.1, -0.05) is 163 Å². The van der Waals surface area contributed by atoms with Crippen molar-refractivity contribution in [3.05, 3.63) is 22.7 Å². The van der Waals surface area contributed by atoms with Crippen LogP contribution in [0.5, 0.6) is 0 Å². The number of thioether (sulfide) groups is 1. The topological polar surface area (TPSA) is 329 Å². The van der Waals surface area contributed by atoms with Gasteiger partial charge in [0.1, 0.15) is 48.4 Å². The van der Waals surface area contributed by atoms with Gasteiger partial charge in [0, 0.05) is 12.6 Å². The fourth-order valence-corrected chi connectivity index (χ4v) is 5.71. The Kier molecular flexibility index (Phi) is 73.1. The quantitative estimate of drug-likeness (QED) is 0.0840. The van der Waals surface area contributed by atoms with E-state index in [1.165, 1.54) is 44.6 Å². The Morgan fingerprint density at radius 2 is 1.32 bits per heavy atom. The van der Waals surface area contributed by atoms with Crippen LogP contribution in [0.2, 0.25) is 0 Å². The van der Waals surface area contributed by atoms with Crippen LogP contribution in [-0.4, -0.2) is 132 Å². The predicted octanol–water partition coefficient (Wildman–Crippen LogP) is -1.31. The van der Waals surface area contributed by atoms with Crippen LogP contribution in [0, 0.1) is 0 Å². The summed E-state index contributed by atoms with van der Waals surface area (Å²) >= 11 is 1.07. The Morgan fingerprint density at radius 3 is 1.68 bits per heavy atom. The minimum atomic E-state index is -5.82. The molecule has 20 nitrogen and oxygen atoms in total. The Hall–Kier alpha value is -0.240. The van der Waals surface area contributed by atoms with Gasteiger partial charge in [-0.25, -0.2) is 4.79 Å². The van der Waals surface area contributed by atoms with Crippen LogP contribution in [0.3, 0.4) is 0 Å². The van der Waals surface area contributed by atoms with Crippen LogP contribution in [0.1, 0.15) is 176 Å². The Labute approximate surface area is 465 Å². The molecule has 0 spiro atoms. The van der Waals surface area contributed by atoms with Crippen molar-refractivity contribution in [2.75, 3.05) is 31.0 Å². The molecule has 9 N–H and O–H groups in total. The smallest absolute Gasteiger partial charge is 0.756 e. The third-order valence-corrected chi connectivity index (χ3v) is 8.06. The number of nitrogens with two attached hydrogens (primary N) is 1. The molecule has 69 heavy (non-hydrogen) atoms. The Bertz CT molecular complexity index is 1370. The first-order chi connectivity index (χ1) is 31.5. The van der Waals surface area contributed by atoms with Crippen molar-refractivity contribution in [3.8, 4) is 0 Å². The number of carboxylic acid groups (broad SMARTS) is 1. The number of nitrogens with zero attached hydrogens (tertiary/aromatic N) is 2. The molecule has 1 amide bonds. The van der Waals surface area contributed by atoms with Crippen molar-refractivity contribution in [2.45, 2.75) is 230 Å². The number of ether oxygens (including phenoxy) is 2. The molecule has 24 heteroatoms. The third kappa shape index (κ3) is 39.8. The Morgan fingerprint density at radius 1 is 0.899 bits per heavy atom. The van der Waals surface area contributed by atoms with Crippen molar-refractivity contribution >= 4 is 37.3 Å². The molecule has 11 atom stereocenters. The number of aliphatic carboxylic acids is 1. The van der Waals surface area contributed by atoms with Crippen LogP contribution in [0.25, 0.3) is 0 Å². The molecule has 0 aromatic carbocycles. The van der Waals surface area contributed by atoms with Crippen LogP contribution in [0.15, 0.2) is 17.1 Å². The summed E-state index contributed by atoms with van der Waals surface area (Å²) < 4.78 is 33.3. The average molecular weight is 1060 g/mol. The van der Waals surface area contributed by atoms with Crippen molar-refractivity contribution < 1.29 is 132 Å². The minimum absolute atomic E-state index is 0. The molecule has 9 unspecified atom stereocenters. The summed E-state index contributed by atoms with van der Waals surface area (Å²) in [5.74, 6) is -6.76. The number of rotatable bonds is 13. The summed E-state index contributed by atoms with van der Waals surface area (Å²) in [4.78, 5) is 52.6. The van der Waals surface area contributed by atoms with Crippen molar-refractivity contribution in [2.24, 2.45) is 0 Å². The number of carboxylic acids is 1. The summed E-state index contributed by atoms with van der Waals surface area (Å²) in [7, 11) is -5.82. The number of anilines is 1. The third-order valence-electron chi connectivity index (χ3n) is 6.52. The molecule has 1 aromatic heterocycles. The normalized spacial score (nSPS) is 22.9. The van der Waals surface area contributed by atoms with Crippen molar-refractivity contribution in [1.29, 1.82) is 0 Å². The second-order valence-corrected chi connectivity index (χ2v) is 16.0. The van der Waals surface area contributed by atoms with E-state index in [2.05, 4.69) is 102 Å². The van der Waals surface area contributed by atoms with Gasteiger partial charge in [-0.3, -0.25) is 18.5 Å². The molecule has 0 bridgehead atoms. The second-order valence-electron chi connectivity index (χ2n) is 13.8. The molecule has 0 aliphatic carbocycles. The first-order valence-corrected chi connectivity index (χ1v) is 26.7. The zero-order valence-corrected chi connectivity index (χ0v) is 52.2. The van der Waals surface area contributed by atoms with Gasteiger partial charge in [0.25, 0.3) is 7.82 Å². The van der Waals surface area contributed by atoms with Crippen LogP contribution >= 0.6 is 19.6 Å². The average Bonchev–Trinajstić information content (AvgIpc) is 3.55. The fourth-order valence-electron chi connectivity index (χ4n) is 4.42. The number of aromatic nitrogens is 2. The number of aliphatic hydroxyl groups is 6. The van der Waals surface area contributed by atoms with E-state index in [1.54, 1.807) is 6.26 Å². The summed E-state index contributed by atoms with van der Waals surface area (Å²) in [5.41, 5.74) is 4.44. The van der Waals surface area contributed by atoms with E-state index in [4.69, 9.17) is 15.2 Å². The van der Waals surface area contributed by atoms with E-state index >= 15 is 0 Å². The molecule has 1 aromatic rings. The number of phosphoric acid groups is 1. The van der Waals surface area contributed by atoms with E-state index in [-0.39, 0.29) is 70.7 Å². The molecule has 0 saturated carbocycles. The molecule has 0 radical (unpaired) electrons.